The lowest BCUT2D eigenvalue weighted by molar-refractivity contribution is -0.122. The van der Waals surface area contributed by atoms with Crippen molar-refractivity contribution >= 4 is 23.1 Å². The number of carbonyl (C=O) groups is 2. The molecule has 1 aliphatic rings. The van der Waals surface area contributed by atoms with E-state index in [0.717, 1.165) is 41.9 Å². The number of carbonyl (C=O) groups excluding carboxylic acids is 2. The highest BCUT2D eigenvalue weighted by Gasteiger charge is 2.28. The summed E-state index contributed by atoms with van der Waals surface area (Å²) in [6.45, 7) is 3.79. The number of likely N-dealkylation sites (tertiary alicyclic amines) is 1. The van der Waals surface area contributed by atoms with Crippen LogP contribution in [-0.4, -0.2) is 38.7 Å². The predicted octanol–water partition coefficient (Wildman–Crippen LogP) is 3.92. The summed E-state index contributed by atoms with van der Waals surface area (Å²) >= 11 is 0. The normalized spacial score (nSPS) is 15.8. The van der Waals surface area contributed by atoms with Gasteiger partial charge >= 0.3 is 0 Å². The number of nitrogens with zero attached hydrogens (tertiary/aromatic N) is 3. The summed E-state index contributed by atoms with van der Waals surface area (Å²) in [5.74, 6) is 0.0866. The first-order valence-corrected chi connectivity index (χ1v) is 12.1. The molecule has 1 fully saturated rings. The van der Waals surface area contributed by atoms with E-state index in [-0.39, 0.29) is 17.9 Å². The van der Waals surface area contributed by atoms with Crippen LogP contribution >= 0.6 is 0 Å². The molecule has 8 nitrogen and oxygen atoms in total. The Morgan fingerprint density at radius 3 is 2.83 bits per heavy atom. The van der Waals surface area contributed by atoms with Crippen molar-refractivity contribution < 1.29 is 14.3 Å². The number of hydrogen-bond acceptors (Lipinski definition) is 5. The fourth-order valence-electron chi connectivity index (χ4n) is 4.63. The molecule has 5 rings (SSSR count). The zero-order valence-corrected chi connectivity index (χ0v) is 20.2. The lowest BCUT2D eigenvalue weighted by Gasteiger charge is -2.22. The average molecular weight is 484 g/mol. The molecule has 0 bridgehead atoms. The summed E-state index contributed by atoms with van der Waals surface area (Å²) < 4.78 is 7.89. The van der Waals surface area contributed by atoms with Gasteiger partial charge in [0.05, 0.1) is 11.7 Å². The van der Waals surface area contributed by atoms with E-state index in [1.165, 1.54) is 0 Å². The number of benzene rings is 2. The molecule has 8 heteroatoms. The van der Waals surface area contributed by atoms with Gasteiger partial charge in [-0.25, -0.2) is 4.98 Å². The van der Waals surface area contributed by atoms with Crippen molar-refractivity contribution in [2.75, 3.05) is 11.9 Å². The van der Waals surface area contributed by atoms with Crippen LogP contribution in [0.15, 0.2) is 73.1 Å². The molecule has 0 saturated carbocycles. The lowest BCUT2D eigenvalue weighted by Crippen LogP contribution is -2.39. The summed E-state index contributed by atoms with van der Waals surface area (Å²) in [4.78, 5) is 31.3. The number of fused-ring (bicyclic) bond motifs is 1. The number of ether oxygens (including phenoxy) is 1. The number of aromatic nitrogens is 2. The molecular formula is C28H29N5O3. The summed E-state index contributed by atoms with van der Waals surface area (Å²) in [7, 11) is 0. The van der Waals surface area contributed by atoms with Crippen molar-refractivity contribution in [3.63, 3.8) is 0 Å². The maximum atomic E-state index is 12.9. The molecule has 3 N–H and O–H groups in total. The van der Waals surface area contributed by atoms with Crippen LogP contribution in [0.25, 0.3) is 5.65 Å². The Morgan fingerprint density at radius 1 is 1.11 bits per heavy atom. The van der Waals surface area contributed by atoms with Crippen molar-refractivity contribution in [3.8, 4) is 5.75 Å². The van der Waals surface area contributed by atoms with Gasteiger partial charge in [0, 0.05) is 30.2 Å². The van der Waals surface area contributed by atoms with Gasteiger partial charge in [-0.05, 0) is 73.8 Å². The molecule has 1 aliphatic heterocycles. The van der Waals surface area contributed by atoms with E-state index in [2.05, 4.69) is 15.2 Å². The minimum absolute atomic E-state index is 0.225. The molecule has 36 heavy (non-hydrogen) atoms. The highest BCUT2D eigenvalue weighted by Crippen LogP contribution is 2.22. The van der Waals surface area contributed by atoms with Gasteiger partial charge < -0.3 is 20.2 Å². The van der Waals surface area contributed by atoms with E-state index in [4.69, 9.17) is 10.5 Å². The summed E-state index contributed by atoms with van der Waals surface area (Å²) in [6, 6.07) is 18.5. The number of imidazole rings is 1. The zero-order valence-electron chi connectivity index (χ0n) is 20.2. The predicted molar refractivity (Wildman–Crippen MR) is 138 cm³/mol. The molecule has 2 amide bonds. The van der Waals surface area contributed by atoms with Gasteiger partial charge in [-0.1, -0.05) is 24.3 Å². The number of nitrogens with two attached hydrogens (primary N) is 1. The van der Waals surface area contributed by atoms with Gasteiger partial charge in [-0.3, -0.25) is 14.5 Å². The SMILES string of the molecule is Cc1ccc2nc(COc3cccc(C(=O)Nc4cccc(CN5CCCC5C(N)=O)c4)c3)cn2c1. The molecule has 0 spiro atoms. The molecule has 4 aromatic rings. The maximum absolute atomic E-state index is 12.9. The minimum atomic E-state index is -0.282. The molecule has 2 aromatic heterocycles. The Labute approximate surface area is 209 Å². The third-order valence-corrected chi connectivity index (χ3v) is 6.39. The Bertz CT molecular complexity index is 1410. The smallest absolute Gasteiger partial charge is 0.255 e. The van der Waals surface area contributed by atoms with E-state index in [1.54, 1.807) is 18.2 Å². The summed E-state index contributed by atoms with van der Waals surface area (Å²) in [5, 5.41) is 2.96. The molecule has 1 atom stereocenters. The van der Waals surface area contributed by atoms with Gasteiger partial charge in [0.2, 0.25) is 5.91 Å². The van der Waals surface area contributed by atoms with Crippen LogP contribution in [0, 0.1) is 6.92 Å². The number of hydrogen-bond donors (Lipinski definition) is 2. The average Bonchev–Trinajstić information content (AvgIpc) is 3.49. The molecule has 1 saturated heterocycles. The zero-order chi connectivity index (χ0) is 25.1. The van der Waals surface area contributed by atoms with E-state index in [0.29, 0.717) is 30.2 Å². The largest absolute Gasteiger partial charge is 0.487 e. The number of amides is 2. The van der Waals surface area contributed by atoms with Crippen molar-refractivity contribution in [1.82, 2.24) is 14.3 Å². The van der Waals surface area contributed by atoms with E-state index in [1.807, 2.05) is 66.2 Å². The van der Waals surface area contributed by atoms with Gasteiger partial charge in [0.25, 0.3) is 5.91 Å². The van der Waals surface area contributed by atoms with Crippen LogP contribution in [0.2, 0.25) is 0 Å². The third-order valence-electron chi connectivity index (χ3n) is 6.39. The van der Waals surface area contributed by atoms with Crippen molar-refractivity contribution in [1.29, 1.82) is 0 Å². The lowest BCUT2D eigenvalue weighted by atomic mass is 10.1. The Hall–Kier alpha value is -4.17. The second-order valence-electron chi connectivity index (χ2n) is 9.21. The van der Waals surface area contributed by atoms with Gasteiger partial charge in [0.15, 0.2) is 0 Å². The molecule has 0 radical (unpaired) electrons. The van der Waals surface area contributed by atoms with Crippen LogP contribution < -0.4 is 15.8 Å². The fourth-order valence-corrected chi connectivity index (χ4v) is 4.63. The highest BCUT2D eigenvalue weighted by atomic mass is 16.5. The first-order valence-electron chi connectivity index (χ1n) is 12.1. The Morgan fingerprint density at radius 2 is 1.97 bits per heavy atom. The molecule has 184 valence electrons. The fraction of sp³-hybridized carbons (Fsp3) is 0.250. The molecule has 2 aromatic carbocycles. The van der Waals surface area contributed by atoms with Gasteiger partial charge in [-0.2, -0.15) is 0 Å². The Balaban J connectivity index is 1.22. The quantitative estimate of drug-likeness (QED) is 0.396. The van der Waals surface area contributed by atoms with Crippen LogP contribution in [-0.2, 0) is 17.9 Å². The van der Waals surface area contributed by atoms with Crippen molar-refractivity contribution in [2.24, 2.45) is 5.73 Å². The third kappa shape index (κ3) is 5.39. The minimum Gasteiger partial charge on any atom is -0.487 e. The van der Waals surface area contributed by atoms with Crippen molar-refractivity contribution in [2.45, 2.75) is 39.0 Å². The number of nitrogens with one attached hydrogen (secondary N) is 1. The van der Waals surface area contributed by atoms with Crippen LogP contribution in [0.3, 0.4) is 0 Å². The first kappa shape index (κ1) is 23.6. The number of primary amides is 1. The topological polar surface area (TPSA) is 102 Å². The Kier molecular flexibility index (Phi) is 6.69. The highest BCUT2D eigenvalue weighted by molar-refractivity contribution is 6.04. The van der Waals surface area contributed by atoms with Gasteiger partial charge in [-0.15, -0.1) is 0 Å². The molecule has 1 unspecified atom stereocenters. The maximum Gasteiger partial charge on any atom is 0.255 e. The second-order valence-corrected chi connectivity index (χ2v) is 9.21. The van der Waals surface area contributed by atoms with E-state index in [9.17, 15) is 9.59 Å². The van der Waals surface area contributed by atoms with Crippen LogP contribution in [0.1, 0.15) is 40.0 Å². The molecule has 3 heterocycles. The molecular weight excluding hydrogens is 454 g/mol. The van der Waals surface area contributed by atoms with Gasteiger partial charge in [0.1, 0.15) is 18.0 Å². The molecule has 0 aliphatic carbocycles. The van der Waals surface area contributed by atoms with Crippen LogP contribution in [0.5, 0.6) is 5.75 Å². The number of rotatable bonds is 8. The summed E-state index contributed by atoms with van der Waals surface area (Å²) in [6.07, 6.45) is 5.72. The monoisotopic (exact) mass is 483 g/mol. The van der Waals surface area contributed by atoms with Crippen molar-refractivity contribution in [3.05, 3.63) is 95.4 Å². The number of pyridine rings is 1. The van der Waals surface area contributed by atoms with E-state index >= 15 is 0 Å². The van der Waals surface area contributed by atoms with E-state index < -0.39 is 0 Å². The number of aryl methyl sites for hydroxylation is 1. The standard InChI is InChI=1S/C28H29N5O3/c1-19-10-11-26-30-23(17-33(26)15-19)18-36-24-8-3-6-21(14-24)28(35)31-22-7-2-5-20(13-22)16-32-12-4-9-25(32)27(29)34/h2-3,5-8,10-11,13-15,17,25H,4,9,12,16,18H2,1H3,(H2,29,34)(H,31,35). The number of anilines is 1. The second kappa shape index (κ2) is 10.2. The summed E-state index contributed by atoms with van der Waals surface area (Å²) in [5.41, 5.74) is 10.6. The van der Waals surface area contributed by atoms with Crippen LogP contribution in [0.4, 0.5) is 5.69 Å². The first-order chi connectivity index (χ1) is 17.4.